The van der Waals surface area contributed by atoms with Crippen LogP contribution in [0, 0.1) is 18.3 Å². The van der Waals surface area contributed by atoms with Gasteiger partial charge >= 0.3 is 0 Å². The summed E-state index contributed by atoms with van der Waals surface area (Å²) in [6.07, 6.45) is 5.88. The number of rotatable bonds is 2. The van der Waals surface area contributed by atoms with E-state index in [-0.39, 0.29) is 12.5 Å². The molecule has 1 heterocycles. The molecule has 0 aliphatic carbocycles. The first-order valence-corrected chi connectivity index (χ1v) is 3.73. The van der Waals surface area contributed by atoms with Crippen LogP contribution in [0.3, 0.4) is 0 Å². The van der Waals surface area contributed by atoms with Crippen molar-refractivity contribution in [3.05, 3.63) is 12.7 Å². The van der Waals surface area contributed by atoms with Crippen LogP contribution >= 0.6 is 0 Å². The molecule has 66 valence electrons. The summed E-state index contributed by atoms with van der Waals surface area (Å²) < 4.78 is 5.15. The largest absolute Gasteiger partial charge is 0.392 e. The topological polar surface area (TPSA) is 49.7 Å². The van der Waals surface area contributed by atoms with Gasteiger partial charge in [-0.25, -0.2) is 0 Å². The Morgan fingerprint density at radius 3 is 2.75 bits per heavy atom. The maximum absolute atomic E-state index is 9.60. The van der Waals surface area contributed by atoms with E-state index in [1.807, 2.05) is 0 Å². The van der Waals surface area contributed by atoms with Crippen molar-refractivity contribution in [2.45, 2.75) is 11.7 Å². The van der Waals surface area contributed by atoms with Crippen LogP contribution in [0.5, 0.6) is 0 Å². The van der Waals surface area contributed by atoms with Gasteiger partial charge in [0.15, 0.2) is 5.60 Å². The van der Waals surface area contributed by atoms with Gasteiger partial charge in [0.2, 0.25) is 0 Å². The fourth-order valence-corrected chi connectivity index (χ4v) is 1.28. The van der Waals surface area contributed by atoms with Gasteiger partial charge in [-0.05, 0) is 0 Å². The maximum atomic E-state index is 9.60. The van der Waals surface area contributed by atoms with Crippen molar-refractivity contribution >= 4 is 0 Å². The van der Waals surface area contributed by atoms with E-state index in [4.69, 9.17) is 16.3 Å². The van der Waals surface area contributed by atoms with E-state index >= 15 is 0 Å². The van der Waals surface area contributed by atoms with Crippen LogP contribution in [0.25, 0.3) is 0 Å². The van der Waals surface area contributed by atoms with Crippen LogP contribution in [0.15, 0.2) is 12.7 Å². The third-order valence-corrected chi connectivity index (χ3v) is 2.20. The predicted molar refractivity (Wildman–Crippen MR) is 44.3 cm³/mol. The zero-order valence-corrected chi connectivity index (χ0v) is 6.73. The molecule has 0 radical (unpaired) electrons. The molecule has 3 atom stereocenters. The first-order chi connectivity index (χ1) is 5.70. The lowest BCUT2D eigenvalue weighted by Gasteiger charge is -2.23. The Morgan fingerprint density at radius 1 is 1.83 bits per heavy atom. The highest BCUT2D eigenvalue weighted by Crippen LogP contribution is 2.30. The van der Waals surface area contributed by atoms with E-state index in [1.54, 1.807) is 6.08 Å². The number of aliphatic hydroxyl groups excluding tert-OH is 2. The second-order valence-electron chi connectivity index (χ2n) is 2.85. The quantitative estimate of drug-likeness (QED) is 0.433. The second-order valence-corrected chi connectivity index (χ2v) is 2.85. The number of aliphatic hydroxyl groups is 2. The van der Waals surface area contributed by atoms with Crippen molar-refractivity contribution in [3.63, 3.8) is 0 Å². The lowest BCUT2D eigenvalue weighted by molar-refractivity contribution is -0.0490. The molecule has 1 fully saturated rings. The van der Waals surface area contributed by atoms with Crippen molar-refractivity contribution < 1.29 is 14.9 Å². The molecule has 3 nitrogen and oxygen atoms in total. The molecular formula is C9H12O3. The smallest absolute Gasteiger partial charge is 0.177 e. The Hall–Kier alpha value is -0.820. The van der Waals surface area contributed by atoms with Gasteiger partial charge < -0.3 is 14.9 Å². The molecule has 0 aromatic heterocycles. The molecule has 1 aliphatic rings. The third-order valence-electron chi connectivity index (χ3n) is 2.20. The Labute approximate surface area is 71.7 Å². The van der Waals surface area contributed by atoms with E-state index in [2.05, 4.69) is 12.5 Å². The van der Waals surface area contributed by atoms with Crippen LogP contribution in [-0.4, -0.2) is 35.1 Å². The monoisotopic (exact) mass is 168 g/mol. The lowest BCUT2D eigenvalue weighted by Crippen LogP contribution is -2.43. The third kappa shape index (κ3) is 1.14. The molecule has 3 heteroatoms. The molecular weight excluding hydrogens is 156 g/mol. The molecule has 3 unspecified atom stereocenters. The van der Waals surface area contributed by atoms with Gasteiger partial charge in [0, 0.05) is 5.92 Å². The summed E-state index contributed by atoms with van der Waals surface area (Å²) in [5.41, 5.74) is -1.22. The van der Waals surface area contributed by atoms with E-state index in [0.29, 0.717) is 6.61 Å². The highest BCUT2D eigenvalue weighted by molar-refractivity contribution is 5.18. The fraction of sp³-hybridized carbons (Fsp3) is 0.556. The number of terminal acetylenes is 1. The molecule has 0 amide bonds. The minimum absolute atomic E-state index is 0.187. The Balaban J connectivity index is 2.83. The number of hydrogen-bond donors (Lipinski definition) is 2. The Morgan fingerprint density at radius 2 is 2.50 bits per heavy atom. The van der Waals surface area contributed by atoms with Crippen molar-refractivity contribution in [2.24, 2.45) is 5.92 Å². The molecule has 0 saturated carbocycles. The molecule has 0 aromatic rings. The van der Waals surface area contributed by atoms with Crippen LogP contribution in [0.1, 0.15) is 0 Å². The van der Waals surface area contributed by atoms with E-state index in [0.717, 1.165) is 0 Å². The molecule has 2 N–H and O–H groups in total. The highest BCUT2D eigenvalue weighted by Gasteiger charge is 2.46. The highest BCUT2D eigenvalue weighted by atomic mass is 16.5. The van der Waals surface area contributed by atoms with E-state index in [1.165, 1.54) is 0 Å². The summed E-state index contributed by atoms with van der Waals surface area (Å²) in [4.78, 5) is 0. The molecule has 0 aromatic carbocycles. The Kier molecular flexibility index (Phi) is 2.53. The summed E-state index contributed by atoms with van der Waals surface area (Å²) in [5.74, 6) is 2.08. The van der Waals surface area contributed by atoms with Gasteiger partial charge in [0.25, 0.3) is 0 Å². The van der Waals surface area contributed by atoms with Gasteiger partial charge in [-0.2, -0.15) is 0 Å². The minimum atomic E-state index is -1.22. The standard InChI is InChI=1S/C9H12O3/c1-3-7-5-12-9(4-2,6-10)8(7)11/h2-3,7-8,10-11H,1,5-6H2. The molecule has 1 saturated heterocycles. The van der Waals surface area contributed by atoms with Crippen LogP contribution in [-0.2, 0) is 4.74 Å². The molecule has 1 aliphatic heterocycles. The van der Waals surface area contributed by atoms with Crippen LogP contribution in [0.4, 0.5) is 0 Å². The summed E-state index contributed by atoms with van der Waals surface area (Å²) in [5, 5.41) is 18.5. The first-order valence-electron chi connectivity index (χ1n) is 3.73. The van der Waals surface area contributed by atoms with E-state index < -0.39 is 11.7 Å². The zero-order valence-electron chi connectivity index (χ0n) is 6.73. The predicted octanol–water partition coefficient (Wildman–Crippen LogP) is -0.456. The van der Waals surface area contributed by atoms with Gasteiger partial charge in [-0.15, -0.1) is 13.0 Å². The fourth-order valence-electron chi connectivity index (χ4n) is 1.28. The Bertz CT molecular complexity index is 218. The number of ether oxygens (including phenoxy) is 1. The molecule has 0 spiro atoms. The van der Waals surface area contributed by atoms with Gasteiger partial charge in [0.05, 0.1) is 13.2 Å². The summed E-state index contributed by atoms with van der Waals surface area (Å²) in [6.45, 7) is 3.49. The summed E-state index contributed by atoms with van der Waals surface area (Å²) >= 11 is 0. The van der Waals surface area contributed by atoms with Crippen LogP contribution in [0.2, 0.25) is 0 Å². The maximum Gasteiger partial charge on any atom is 0.177 e. The zero-order chi connectivity index (χ0) is 9.19. The SMILES string of the molecule is C#CC1(CO)OCC(C=C)C1O. The first kappa shape index (κ1) is 9.27. The van der Waals surface area contributed by atoms with Crippen molar-refractivity contribution in [2.75, 3.05) is 13.2 Å². The summed E-state index contributed by atoms with van der Waals surface area (Å²) in [7, 11) is 0. The van der Waals surface area contributed by atoms with Gasteiger partial charge in [-0.1, -0.05) is 12.0 Å². The van der Waals surface area contributed by atoms with Crippen molar-refractivity contribution in [1.29, 1.82) is 0 Å². The average Bonchev–Trinajstić information content (AvgIpc) is 2.43. The molecule has 12 heavy (non-hydrogen) atoms. The van der Waals surface area contributed by atoms with Crippen molar-refractivity contribution in [3.8, 4) is 12.3 Å². The van der Waals surface area contributed by atoms with Gasteiger partial charge in [-0.3, -0.25) is 0 Å². The van der Waals surface area contributed by atoms with Crippen molar-refractivity contribution in [1.82, 2.24) is 0 Å². The minimum Gasteiger partial charge on any atom is -0.392 e. The van der Waals surface area contributed by atoms with E-state index in [9.17, 15) is 5.11 Å². The molecule has 1 rings (SSSR count). The van der Waals surface area contributed by atoms with Gasteiger partial charge in [0.1, 0.15) is 6.10 Å². The average molecular weight is 168 g/mol. The summed E-state index contributed by atoms with van der Waals surface area (Å²) in [6, 6.07) is 0. The van der Waals surface area contributed by atoms with Crippen LogP contribution < -0.4 is 0 Å². The number of hydrogen-bond acceptors (Lipinski definition) is 3. The second kappa shape index (κ2) is 3.28. The lowest BCUT2D eigenvalue weighted by atomic mass is 9.92. The molecule has 0 bridgehead atoms. The normalized spacial score (nSPS) is 40.8.